The van der Waals surface area contributed by atoms with Gasteiger partial charge in [0.1, 0.15) is 6.34 Å². The molecule has 0 bridgehead atoms. The molecule has 14 heteroatoms. The molecule has 0 spiro atoms. The number of aryl methyl sites for hydroxylation is 1. The molecule has 2 aromatic carbocycles. The summed E-state index contributed by atoms with van der Waals surface area (Å²) in [6.45, 7) is 2.22. The highest BCUT2D eigenvalue weighted by atomic mass is 19.4. The third-order valence-corrected chi connectivity index (χ3v) is 8.50. The molecule has 1 fully saturated rings. The maximum atomic E-state index is 14.0. The molecule has 236 valence electrons. The number of benzene rings is 2. The van der Waals surface area contributed by atoms with Crippen LogP contribution in [-0.2, 0) is 25.1 Å². The zero-order valence-corrected chi connectivity index (χ0v) is 23.6. The van der Waals surface area contributed by atoms with Gasteiger partial charge in [0.05, 0.1) is 29.3 Å². The average molecular weight is 622 g/mol. The smallest absolute Gasteiger partial charge is 0.371 e. The summed E-state index contributed by atoms with van der Waals surface area (Å²) in [6, 6.07) is 3.68. The van der Waals surface area contributed by atoms with Gasteiger partial charge in [-0.2, -0.15) is 39.5 Å². The van der Waals surface area contributed by atoms with Crippen molar-refractivity contribution in [2.75, 3.05) is 25.0 Å². The summed E-state index contributed by atoms with van der Waals surface area (Å²) in [7, 11) is 1.56. The van der Waals surface area contributed by atoms with Crippen LogP contribution in [0.3, 0.4) is 0 Å². The largest absolute Gasteiger partial charge is 0.416 e. The fraction of sp³-hybridized carbons (Fsp3) is 0.552. The number of hydrazone groups is 1. The van der Waals surface area contributed by atoms with Gasteiger partial charge in [-0.05, 0) is 79.5 Å². The van der Waals surface area contributed by atoms with Crippen LogP contribution in [0.15, 0.2) is 35.4 Å². The van der Waals surface area contributed by atoms with E-state index in [9.17, 15) is 39.5 Å². The fourth-order valence-electron chi connectivity index (χ4n) is 6.37. The van der Waals surface area contributed by atoms with E-state index in [0.29, 0.717) is 55.2 Å². The monoisotopic (exact) mass is 621 g/mol. The summed E-state index contributed by atoms with van der Waals surface area (Å²) in [5.74, 6) is 0.389. The molecule has 5 nitrogen and oxygen atoms in total. The van der Waals surface area contributed by atoms with Gasteiger partial charge >= 0.3 is 18.5 Å². The zero-order valence-electron chi connectivity index (χ0n) is 23.6. The van der Waals surface area contributed by atoms with Crippen LogP contribution in [0.2, 0.25) is 0 Å². The first-order valence-corrected chi connectivity index (χ1v) is 14.1. The Morgan fingerprint density at radius 2 is 1.42 bits per heavy atom. The van der Waals surface area contributed by atoms with E-state index in [4.69, 9.17) is 0 Å². The third-order valence-electron chi connectivity index (χ3n) is 8.50. The second kappa shape index (κ2) is 11.4. The minimum atomic E-state index is -4.98. The normalized spacial score (nSPS) is 20.7. The summed E-state index contributed by atoms with van der Waals surface area (Å²) in [4.78, 5) is 2.03. The number of halogens is 9. The van der Waals surface area contributed by atoms with E-state index in [0.717, 1.165) is 25.7 Å². The second-order valence-corrected chi connectivity index (χ2v) is 11.5. The topological polar surface area (TPSA) is 25.3 Å². The van der Waals surface area contributed by atoms with Gasteiger partial charge in [-0.1, -0.05) is 18.9 Å². The van der Waals surface area contributed by atoms with Gasteiger partial charge in [0.15, 0.2) is 0 Å². The molecule has 2 heterocycles. The molecule has 0 unspecified atom stereocenters. The quantitative estimate of drug-likeness (QED) is 0.313. The summed E-state index contributed by atoms with van der Waals surface area (Å²) in [5.41, 5.74) is -2.58. The van der Waals surface area contributed by atoms with Crippen LogP contribution in [-0.4, -0.2) is 41.7 Å². The molecule has 5 rings (SSSR count). The molecule has 1 aliphatic carbocycles. The number of rotatable bonds is 5. The van der Waals surface area contributed by atoms with Crippen molar-refractivity contribution in [3.8, 4) is 0 Å². The van der Waals surface area contributed by atoms with Crippen molar-refractivity contribution in [3.05, 3.63) is 63.7 Å². The van der Waals surface area contributed by atoms with Crippen molar-refractivity contribution in [1.82, 2.24) is 15.2 Å². The van der Waals surface area contributed by atoms with Crippen LogP contribution < -0.4 is 4.90 Å². The van der Waals surface area contributed by atoms with E-state index in [-0.39, 0.29) is 17.2 Å². The van der Waals surface area contributed by atoms with Gasteiger partial charge in [0.25, 0.3) is 0 Å². The van der Waals surface area contributed by atoms with E-state index < -0.39 is 47.8 Å². The molecule has 0 amide bonds. The van der Waals surface area contributed by atoms with Crippen LogP contribution in [0.25, 0.3) is 0 Å². The Bertz CT molecular complexity index is 1310. The second-order valence-electron chi connectivity index (χ2n) is 11.5. The summed E-state index contributed by atoms with van der Waals surface area (Å²) < 4.78 is 122. The highest BCUT2D eigenvalue weighted by Gasteiger charge is 2.40. The molecule has 2 aromatic rings. The Hall–Kier alpha value is -3.16. The minimum Gasteiger partial charge on any atom is -0.371 e. The van der Waals surface area contributed by atoms with Crippen molar-refractivity contribution in [1.29, 1.82) is 0 Å². The van der Waals surface area contributed by atoms with Gasteiger partial charge in [0, 0.05) is 25.8 Å². The lowest BCUT2D eigenvalue weighted by Crippen LogP contribution is -2.44. The average Bonchev–Trinajstić information content (AvgIpc) is 3.50. The third kappa shape index (κ3) is 6.68. The number of alkyl halides is 9. The Morgan fingerprint density at radius 3 is 2.00 bits per heavy atom. The van der Waals surface area contributed by atoms with Crippen LogP contribution >= 0.6 is 0 Å². The summed E-state index contributed by atoms with van der Waals surface area (Å²) in [5, 5.41) is 8.61. The van der Waals surface area contributed by atoms with Crippen molar-refractivity contribution >= 4 is 12.0 Å². The van der Waals surface area contributed by atoms with Crippen LogP contribution in [0.4, 0.5) is 45.2 Å². The van der Waals surface area contributed by atoms with Crippen LogP contribution in [0.1, 0.15) is 77.9 Å². The molecule has 1 atom stereocenters. The van der Waals surface area contributed by atoms with E-state index in [1.54, 1.807) is 18.1 Å². The van der Waals surface area contributed by atoms with Crippen molar-refractivity contribution < 1.29 is 39.5 Å². The lowest BCUT2D eigenvalue weighted by atomic mass is 9.95. The van der Waals surface area contributed by atoms with E-state index >= 15 is 0 Å². The molecular formula is C29H32F9N5. The number of anilines is 1. The molecular weight excluding hydrogens is 589 g/mol. The van der Waals surface area contributed by atoms with Gasteiger partial charge in [-0.3, -0.25) is 5.01 Å². The lowest BCUT2D eigenvalue weighted by molar-refractivity contribution is -0.144. The van der Waals surface area contributed by atoms with Crippen molar-refractivity contribution in [2.24, 2.45) is 11.0 Å². The minimum absolute atomic E-state index is 0.0678. The zero-order chi connectivity index (χ0) is 31.3. The first kappa shape index (κ1) is 31.3. The predicted molar refractivity (Wildman–Crippen MR) is 142 cm³/mol. The lowest BCUT2D eigenvalue weighted by Gasteiger charge is -2.36. The van der Waals surface area contributed by atoms with Gasteiger partial charge in [-0.25, -0.2) is 5.12 Å². The first-order valence-electron chi connectivity index (χ1n) is 14.1. The maximum absolute atomic E-state index is 14.0. The fourth-order valence-corrected chi connectivity index (χ4v) is 6.37. The van der Waals surface area contributed by atoms with E-state index in [1.165, 1.54) is 29.6 Å². The summed E-state index contributed by atoms with van der Waals surface area (Å²) in [6.07, 6.45) is -7.65. The molecule has 1 saturated carbocycles. The van der Waals surface area contributed by atoms with Crippen molar-refractivity contribution in [3.63, 3.8) is 0 Å². The number of hydrogen-bond acceptors (Lipinski definition) is 5. The van der Waals surface area contributed by atoms with Crippen LogP contribution in [0.5, 0.6) is 0 Å². The molecule has 0 radical (unpaired) electrons. The van der Waals surface area contributed by atoms with Crippen molar-refractivity contribution in [2.45, 2.75) is 76.6 Å². The highest BCUT2D eigenvalue weighted by molar-refractivity contribution is 5.63. The standard InChI is InChI=1S/C29H32F9N5/c1-18-10-23-25(8-5-9-41(15-19-6-3-4-7-19)26(23)14-24(18)29(36,37)38)42-17-39-43(40(42)2)16-20-11-21(27(30,31)32)13-22(12-20)28(33,34)35/h10-14,17,19,25H,3-9,15-16H2,1-2H3/t25-/m0/s1. The first-order chi connectivity index (χ1) is 20.0. The van der Waals surface area contributed by atoms with Gasteiger partial charge in [-0.15, -0.1) is 10.2 Å². The Kier molecular flexibility index (Phi) is 8.29. The number of hydrogen-bond donors (Lipinski definition) is 0. The molecule has 3 aliphatic rings. The molecule has 0 aromatic heterocycles. The molecule has 2 aliphatic heterocycles. The van der Waals surface area contributed by atoms with Crippen LogP contribution in [0, 0.1) is 12.8 Å². The number of fused-ring (bicyclic) bond motifs is 1. The maximum Gasteiger partial charge on any atom is 0.416 e. The molecule has 0 N–H and O–H groups in total. The number of hydrazine groups is 2. The Balaban J connectivity index is 1.45. The highest BCUT2D eigenvalue weighted by Crippen LogP contribution is 2.44. The molecule has 43 heavy (non-hydrogen) atoms. The molecule has 0 saturated heterocycles. The SMILES string of the molecule is Cc1cc2c(cc1C(F)(F)F)N(CC1CCCC1)CCC[C@@H]2N1C=NN(Cc2cc(C(F)(F)F)cc(C(F)(F)F)c2)N1C. The van der Waals surface area contributed by atoms with E-state index in [2.05, 4.69) is 5.10 Å². The van der Waals surface area contributed by atoms with E-state index in [1.807, 2.05) is 4.90 Å². The Morgan fingerprint density at radius 1 is 0.791 bits per heavy atom. The Labute approximate surface area is 243 Å². The van der Waals surface area contributed by atoms with Gasteiger partial charge in [0.2, 0.25) is 0 Å². The summed E-state index contributed by atoms with van der Waals surface area (Å²) >= 11 is 0. The predicted octanol–water partition coefficient (Wildman–Crippen LogP) is 8.41. The van der Waals surface area contributed by atoms with Gasteiger partial charge < -0.3 is 4.90 Å². The number of nitrogens with zero attached hydrogens (tertiary/aromatic N) is 5.